The number of thioether (sulfide) groups is 1. The summed E-state index contributed by atoms with van der Waals surface area (Å²) in [5, 5.41) is 30.2. The van der Waals surface area contributed by atoms with Crippen molar-refractivity contribution in [3.8, 4) is 0 Å². The fourth-order valence-corrected chi connectivity index (χ4v) is 4.49. The van der Waals surface area contributed by atoms with E-state index in [9.17, 15) is 25.0 Å². The predicted molar refractivity (Wildman–Crippen MR) is 130 cm³/mol. The van der Waals surface area contributed by atoms with Crippen LogP contribution >= 0.6 is 11.8 Å². The molecule has 0 saturated carbocycles. The van der Waals surface area contributed by atoms with Gasteiger partial charge in [-0.25, -0.2) is 0 Å². The van der Waals surface area contributed by atoms with Crippen molar-refractivity contribution in [1.29, 1.82) is 0 Å². The van der Waals surface area contributed by atoms with Crippen LogP contribution < -0.4 is 4.90 Å². The van der Waals surface area contributed by atoms with Crippen LogP contribution in [0.1, 0.15) is 11.1 Å². The number of carbonyl (C=O) groups excluding carboxylic acids is 1. The van der Waals surface area contributed by atoms with Gasteiger partial charge in [0.2, 0.25) is 5.91 Å². The molecule has 170 valence electrons. The van der Waals surface area contributed by atoms with E-state index in [1.54, 1.807) is 54.6 Å². The number of nitrogens with zero attached hydrogens (tertiary/aromatic N) is 5. The molecule has 1 fully saturated rings. The summed E-state index contributed by atoms with van der Waals surface area (Å²) in [6.45, 7) is 0. The summed E-state index contributed by atoms with van der Waals surface area (Å²) < 4.78 is 0. The molecule has 10 nitrogen and oxygen atoms in total. The predicted octanol–water partition coefficient (Wildman–Crippen LogP) is 4.58. The van der Waals surface area contributed by atoms with Crippen molar-refractivity contribution < 1.29 is 14.6 Å². The number of nitro groups is 2. The zero-order valence-electron chi connectivity index (χ0n) is 17.6. The Bertz CT molecular complexity index is 1290. The Morgan fingerprint density at radius 3 is 2.26 bits per heavy atom. The number of non-ortho nitro benzene ring substituents is 1. The van der Waals surface area contributed by atoms with Gasteiger partial charge in [-0.3, -0.25) is 29.9 Å². The number of carbonyl (C=O) groups is 1. The highest BCUT2D eigenvalue weighted by Gasteiger charge is 2.40. The minimum absolute atomic E-state index is 0.0338. The average molecular weight is 475 g/mol. The molecule has 0 unspecified atom stereocenters. The smallest absolute Gasteiger partial charge is 0.272 e. The SMILES string of the molecule is O=C1[C@@H](Cc2ccccc2[N+](=O)[O-])S/C(=N\N=C/c2ccc([N+](=O)[O-])cc2)N1c1ccccc1. The molecule has 0 aromatic heterocycles. The molecule has 1 saturated heterocycles. The van der Waals surface area contributed by atoms with Crippen LogP contribution in [0.15, 0.2) is 89.1 Å². The third-order valence-corrected chi connectivity index (χ3v) is 6.12. The molecule has 4 rings (SSSR count). The van der Waals surface area contributed by atoms with E-state index >= 15 is 0 Å². The second-order valence-corrected chi connectivity index (χ2v) is 8.35. The summed E-state index contributed by atoms with van der Waals surface area (Å²) >= 11 is 1.18. The Morgan fingerprint density at radius 1 is 0.912 bits per heavy atom. The van der Waals surface area contributed by atoms with Crippen molar-refractivity contribution in [2.75, 3.05) is 4.90 Å². The van der Waals surface area contributed by atoms with E-state index in [4.69, 9.17) is 0 Å². The summed E-state index contributed by atoms with van der Waals surface area (Å²) in [4.78, 5) is 35.9. The van der Waals surface area contributed by atoms with Crippen LogP contribution in [-0.2, 0) is 11.2 Å². The number of amidine groups is 1. The number of amides is 1. The minimum atomic E-state index is -0.616. The van der Waals surface area contributed by atoms with Crippen molar-refractivity contribution in [1.82, 2.24) is 0 Å². The summed E-state index contributed by atoms with van der Waals surface area (Å²) in [6.07, 6.45) is 1.59. The van der Waals surface area contributed by atoms with Gasteiger partial charge in [0.05, 0.1) is 27.0 Å². The maximum Gasteiger partial charge on any atom is 0.272 e. The van der Waals surface area contributed by atoms with Gasteiger partial charge in [-0.05, 0) is 29.8 Å². The normalized spacial score (nSPS) is 16.9. The Balaban J connectivity index is 1.61. The molecular formula is C23H17N5O5S. The van der Waals surface area contributed by atoms with E-state index in [2.05, 4.69) is 10.2 Å². The Kier molecular flexibility index (Phi) is 6.74. The maximum atomic E-state index is 13.3. The zero-order valence-corrected chi connectivity index (χ0v) is 18.4. The summed E-state index contributed by atoms with van der Waals surface area (Å²) in [5.74, 6) is -0.251. The van der Waals surface area contributed by atoms with Crippen LogP contribution in [0.4, 0.5) is 17.1 Å². The molecule has 3 aromatic rings. The number of para-hydroxylation sites is 2. The van der Waals surface area contributed by atoms with Crippen molar-refractivity contribution in [3.05, 3.63) is 110 Å². The number of hydrogen-bond acceptors (Lipinski definition) is 8. The van der Waals surface area contributed by atoms with Gasteiger partial charge < -0.3 is 0 Å². The van der Waals surface area contributed by atoms with Crippen molar-refractivity contribution in [2.45, 2.75) is 11.7 Å². The van der Waals surface area contributed by atoms with Crippen LogP contribution in [0.2, 0.25) is 0 Å². The molecule has 0 radical (unpaired) electrons. The second kappa shape index (κ2) is 10.0. The fraction of sp³-hybridized carbons (Fsp3) is 0.0870. The minimum Gasteiger partial charge on any atom is -0.273 e. The van der Waals surface area contributed by atoms with Gasteiger partial charge in [0.15, 0.2) is 5.17 Å². The lowest BCUT2D eigenvalue weighted by molar-refractivity contribution is -0.385. The topological polar surface area (TPSA) is 131 Å². The van der Waals surface area contributed by atoms with Crippen LogP contribution in [-0.4, -0.2) is 32.4 Å². The first-order chi connectivity index (χ1) is 16.4. The van der Waals surface area contributed by atoms with Gasteiger partial charge in [0.1, 0.15) is 0 Å². The first-order valence-corrected chi connectivity index (χ1v) is 11.0. The van der Waals surface area contributed by atoms with Gasteiger partial charge in [-0.2, -0.15) is 5.10 Å². The third-order valence-electron chi connectivity index (χ3n) is 5.00. The van der Waals surface area contributed by atoms with E-state index in [0.29, 0.717) is 22.0 Å². The fourth-order valence-electron chi connectivity index (χ4n) is 3.37. The molecule has 0 spiro atoms. The van der Waals surface area contributed by atoms with Crippen LogP contribution in [0.25, 0.3) is 0 Å². The molecule has 1 aliphatic heterocycles. The van der Waals surface area contributed by atoms with Gasteiger partial charge in [-0.15, -0.1) is 5.10 Å². The Hall–Kier alpha value is -4.38. The van der Waals surface area contributed by atoms with Crippen molar-refractivity contribution >= 4 is 46.1 Å². The van der Waals surface area contributed by atoms with Crippen LogP contribution in [0.5, 0.6) is 0 Å². The van der Waals surface area contributed by atoms with Crippen LogP contribution in [0.3, 0.4) is 0 Å². The monoisotopic (exact) mass is 475 g/mol. The number of anilines is 1. The molecule has 0 N–H and O–H groups in total. The highest BCUT2D eigenvalue weighted by atomic mass is 32.2. The molecule has 34 heavy (non-hydrogen) atoms. The summed E-state index contributed by atoms with van der Waals surface area (Å²) in [5.41, 5.74) is 1.60. The molecule has 0 aliphatic carbocycles. The van der Waals surface area contributed by atoms with E-state index in [1.165, 1.54) is 41.1 Å². The number of benzene rings is 3. The van der Waals surface area contributed by atoms with Gasteiger partial charge >= 0.3 is 0 Å². The van der Waals surface area contributed by atoms with Gasteiger partial charge in [0, 0.05) is 30.2 Å². The van der Waals surface area contributed by atoms with E-state index in [-0.39, 0.29) is 23.7 Å². The van der Waals surface area contributed by atoms with Gasteiger partial charge in [-0.1, -0.05) is 48.2 Å². The largest absolute Gasteiger partial charge is 0.273 e. The molecule has 1 amide bonds. The first-order valence-electron chi connectivity index (χ1n) is 10.1. The number of nitro benzene ring substituents is 2. The lowest BCUT2D eigenvalue weighted by atomic mass is 10.1. The highest BCUT2D eigenvalue weighted by molar-refractivity contribution is 8.16. The zero-order chi connectivity index (χ0) is 24.1. The van der Waals surface area contributed by atoms with Gasteiger partial charge in [0.25, 0.3) is 11.4 Å². The van der Waals surface area contributed by atoms with Crippen molar-refractivity contribution in [2.24, 2.45) is 10.2 Å². The maximum absolute atomic E-state index is 13.3. The molecule has 3 aromatic carbocycles. The van der Waals surface area contributed by atoms with E-state index < -0.39 is 15.1 Å². The second-order valence-electron chi connectivity index (χ2n) is 7.18. The quantitative estimate of drug-likeness (QED) is 0.279. The molecule has 1 aliphatic rings. The highest BCUT2D eigenvalue weighted by Crippen LogP contribution is 2.35. The van der Waals surface area contributed by atoms with E-state index in [1.807, 2.05) is 6.07 Å². The summed E-state index contributed by atoms with van der Waals surface area (Å²) in [6, 6.07) is 21.1. The number of rotatable bonds is 7. The van der Waals surface area contributed by atoms with Crippen molar-refractivity contribution in [3.63, 3.8) is 0 Å². The molecule has 11 heteroatoms. The Labute approximate surface area is 197 Å². The first kappa shape index (κ1) is 22.8. The molecule has 1 heterocycles. The van der Waals surface area contributed by atoms with E-state index in [0.717, 1.165) is 0 Å². The molecule has 0 bridgehead atoms. The van der Waals surface area contributed by atoms with Crippen LogP contribution in [0, 0.1) is 20.2 Å². The third kappa shape index (κ3) is 4.99. The lowest BCUT2D eigenvalue weighted by Crippen LogP contribution is -2.32. The lowest BCUT2D eigenvalue weighted by Gasteiger charge is -2.15. The molecule has 1 atom stereocenters. The number of hydrogen-bond donors (Lipinski definition) is 0. The Morgan fingerprint density at radius 2 is 1.59 bits per heavy atom. The molecular weight excluding hydrogens is 458 g/mol. The average Bonchev–Trinajstić information content (AvgIpc) is 3.14. The summed E-state index contributed by atoms with van der Waals surface area (Å²) in [7, 11) is 0. The standard InChI is InChI=1S/C23H17N5O5S/c29-22-21(14-17-6-4-5-9-20(17)28(32)33)34-23(26(22)18-7-2-1-3-8-18)25-24-15-16-10-12-19(13-11-16)27(30)31/h1-13,15,21H,14H2/b24-15-,25-23-/t21-/m1/s1.